The summed E-state index contributed by atoms with van der Waals surface area (Å²) < 4.78 is 0.865. The summed E-state index contributed by atoms with van der Waals surface area (Å²) in [6.07, 6.45) is 6.73. The molecule has 0 saturated carbocycles. The minimum atomic E-state index is -0.210. The molecule has 2 nitrogen and oxygen atoms in total. The van der Waals surface area contributed by atoms with Gasteiger partial charge in [0.2, 0.25) is 5.91 Å². The first-order valence-electron chi connectivity index (χ1n) is 4.69. The van der Waals surface area contributed by atoms with Gasteiger partial charge in [-0.1, -0.05) is 45.8 Å². The van der Waals surface area contributed by atoms with Gasteiger partial charge in [0.15, 0.2) is 0 Å². The Morgan fingerprint density at radius 1 is 1.44 bits per heavy atom. The molecule has 84 valence electrons. The second-order valence-corrected chi connectivity index (χ2v) is 4.32. The van der Waals surface area contributed by atoms with Crippen molar-refractivity contribution < 1.29 is 4.79 Å². The number of nitrogens with one attached hydrogen (secondary N) is 1. The molecule has 0 atom stereocenters. The van der Waals surface area contributed by atoms with E-state index in [0.717, 1.165) is 4.47 Å². The van der Waals surface area contributed by atoms with Crippen LogP contribution in [0.25, 0.3) is 0 Å². The Bertz CT molecular complexity index is 441. The summed E-state index contributed by atoms with van der Waals surface area (Å²) in [5.74, 6) is -0.210. The zero-order valence-corrected chi connectivity index (χ0v) is 11.0. The highest BCUT2D eigenvalue weighted by Crippen LogP contribution is 2.25. The summed E-state index contributed by atoms with van der Waals surface area (Å²) in [5.41, 5.74) is 0.589. The molecule has 0 unspecified atom stereocenters. The molecule has 1 aromatic carbocycles. The molecule has 0 aromatic heterocycles. The van der Waals surface area contributed by atoms with E-state index in [1.165, 1.54) is 6.08 Å². The van der Waals surface area contributed by atoms with Crippen LogP contribution in [-0.4, -0.2) is 5.91 Å². The Morgan fingerprint density at radius 3 is 2.88 bits per heavy atom. The first-order chi connectivity index (χ1) is 7.63. The van der Waals surface area contributed by atoms with E-state index < -0.39 is 0 Å². The van der Waals surface area contributed by atoms with E-state index in [2.05, 4.69) is 21.2 Å². The zero-order chi connectivity index (χ0) is 12.0. The summed E-state index contributed by atoms with van der Waals surface area (Å²) in [6.45, 7) is 1.88. The number of halogens is 2. The van der Waals surface area contributed by atoms with Gasteiger partial charge in [0.1, 0.15) is 0 Å². The lowest BCUT2D eigenvalue weighted by Crippen LogP contribution is -2.08. The third-order valence-corrected chi connectivity index (χ3v) is 2.56. The standard InChI is InChI=1S/C12H11BrClNO/c1-2-3-4-5-12(16)15-11-8-9(13)6-7-10(11)14/h2-8H,1H3,(H,15,16). The lowest BCUT2D eigenvalue weighted by Gasteiger charge is -2.04. The first-order valence-corrected chi connectivity index (χ1v) is 5.86. The molecule has 0 radical (unpaired) electrons. The lowest BCUT2D eigenvalue weighted by atomic mass is 10.3. The van der Waals surface area contributed by atoms with Gasteiger partial charge in [0, 0.05) is 10.5 Å². The fourth-order valence-corrected chi connectivity index (χ4v) is 1.55. The molecule has 0 spiro atoms. The van der Waals surface area contributed by atoms with Crippen molar-refractivity contribution in [1.29, 1.82) is 0 Å². The monoisotopic (exact) mass is 299 g/mol. The molecule has 1 amide bonds. The van der Waals surface area contributed by atoms with Crippen LogP contribution in [0.5, 0.6) is 0 Å². The number of carbonyl (C=O) groups is 1. The molecule has 0 aliphatic carbocycles. The topological polar surface area (TPSA) is 29.1 Å². The van der Waals surface area contributed by atoms with E-state index in [-0.39, 0.29) is 5.91 Å². The van der Waals surface area contributed by atoms with E-state index in [4.69, 9.17) is 11.6 Å². The van der Waals surface area contributed by atoms with Gasteiger partial charge in [-0.3, -0.25) is 4.79 Å². The Hall–Kier alpha value is -1.06. The molecule has 1 aromatic rings. The molecule has 0 aliphatic heterocycles. The van der Waals surface area contributed by atoms with Crippen LogP contribution in [0.3, 0.4) is 0 Å². The number of hydrogen-bond donors (Lipinski definition) is 1. The summed E-state index contributed by atoms with van der Waals surface area (Å²) in [7, 11) is 0. The Morgan fingerprint density at radius 2 is 2.19 bits per heavy atom. The van der Waals surface area contributed by atoms with Gasteiger partial charge in [-0.05, 0) is 25.1 Å². The van der Waals surface area contributed by atoms with Crippen LogP contribution in [0.15, 0.2) is 47.0 Å². The van der Waals surface area contributed by atoms with Crippen molar-refractivity contribution in [3.63, 3.8) is 0 Å². The van der Waals surface area contributed by atoms with Gasteiger partial charge >= 0.3 is 0 Å². The predicted molar refractivity (Wildman–Crippen MR) is 71.7 cm³/mol. The summed E-state index contributed by atoms with van der Waals surface area (Å²) in [6, 6.07) is 5.29. The van der Waals surface area contributed by atoms with E-state index in [0.29, 0.717) is 10.7 Å². The van der Waals surface area contributed by atoms with Crippen molar-refractivity contribution in [1.82, 2.24) is 0 Å². The van der Waals surface area contributed by atoms with E-state index >= 15 is 0 Å². The maximum Gasteiger partial charge on any atom is 0.248 e. The molecular formula is C12H11BrClNO. The van der Waals surface area contributed by atoms with Crippen molar-refractivity contribution in [3.05, 3.63) is 52.0 Å². The molecule has 4 heteroatoms. The van der Waals surface area contributed by atoms with Gasteiger partial charge in [-0.25, -0.2) is 0 Å². The third kappa shape index (κ3) is 4.21. The first kappa shape index (κ1) is 13.0. The second-order valence-electron chi connectivity index (χ2n) is 3.00. The lowest BCUT2D eigenvalue weighted by molar-refractivity contribution is -0.111. The van der Waals surface area contributed by atoms with Gasteiger partial charge < -0.3 is 5.32 Å². The maximum atomic E-state index is 11.4. The Balaban J connectivity index is 2.73. The quantitative estimate of drug-likeness (QED) is 0.658. The van der Waals surface area contributed by atoms with Crippen molar-refractivity contribution in [2.45, 2.75) is 6.92 Å². The van der Waals surface area contributed by atoms with Gasteiger partial charge in [-0.2, -0.15) is 0 Å². The van der Waals surface area contributed by atoms with E-state index in [9.17, 15) is 4.79 Å². The number of rotatable bonds is 3. The Labute approximate surface area is 108 Å². The van der Waals surface area contributed by atoms with Crippen molar-refractivity contribution >= 4 is 39.1 Å². The van der Waals surface area contributed by atoms with Crippen molar-refractivity contribution in [2.75, 3.05) is 5.32 Å². The highest BCUT2D eigenvalue weighted by Gasteiger charge is 2.03. The third-order valence-electron chi connectivity index (χ3n) is 1.74. The maximum absolute atomic E-state index is 11.4. The molecule has 0 fully saturated rings. The number of anilines is 1. The summed E-state index contributed by atoms with van der Waals surface area (Å²) in [5, 5.41) is 3.20. The SMILES string of the molecule is CC=CC=CC(=O)Nc1cc(Br)ccc1Cl. The van der Waals surface area contributed by atoms with Crippen LogP contribution in [-0.2, 0) is 4.79 Å². The highest BCUT2D eigenvalue weighted by molar-refractivity contribution is 9.10. The highest BCUT2D eigenvalue weighted by atomic mass is 79.9. The van der Waals surface area contributed by atoms with E-state index in [1.807, 2.05) is 19.1 Å². The van der Waals surface area contributed by atoms with E-state index in [1.54, 1.807) is 24.3 Å². The van der Waals surface area contributed by atoms with Crippen LogP contribution in [0.1, 0.15) is 6.92 Å². The van der Waals surface area contributed by atoms with Crippen molar-refractivity contribution in [3.8, 4) is 0 Å². The van der Waals surface area contributed by atoms with Crippen LogP contribution >= 0.6 is 27.5 Å². The predicted octanol–water partition coefficient (Wildman–Crippen LogP) is 4.17. The van der Waals surface area contributed by atoms with Gasteiger partial charge in [-0.15, -0.1) is 0 Å². The fourth-order valence-electron chi connectivity index (χ4n) is 1.02. The molecule has 0 saturated heterocycles. The van der Waals surface area contributed by atoms with Crippen LogP contribution in [0.2, 0.25) is 5.02 Å². The minimum absolute atomic E-state index is 0.210. The smallest absolute Gasteiger partial charge is 0.248 e. The van der Waals surface area contributed by atoms with Gasteiger partial charge in [0.05, 0.1) is 10.7 Å². The number of benzene rings is 1. The Kier molecular flexibility index (Phi) is 5.29. The number of carbonyl (C=O) groups excluding carboxylic acids is 1. The van der Waals surface area contributed by atoms with Crippen LogP contribution in [0, 0.1) is 0 Å². The van der Waals surface area contributed by atoms with Crippen LogP contribution < -0.4 is 5.32 Å². The normalized spacial score (nSPS) is 11.2. The molecule has 0 aliphatic rings. The number of amides is 1. The average Bonchev–Trinajstić information content (AvgIpc) is 2.24. The van der Waals surface area contributed by atoms with Crippen LogP contribution in [0.4, 0.5) is 5.69 Å². The minimum Gasteiger partial charge on any atom is -0.321 e. The summed E-state index contributed by atoms with van der Waals surface area (Å²) in [4.78, 5) is 11.4. The molecule has 1 rings (SSSR count). The van der Waals surface area contributed by atoms with Crippen molar-refractivity contribution in [2.24, 2.45) is 0 Å². The number of hydrogen-bond acceptors (Lipinski definition) is 1. The molecular weight excluding hydrogens is 289 g/mol. The van der Waals surface area contributed by atoms with Gasteiger partial charge in [0.25, 0.3) is 0 Å². The molecule has 0 heterocycles. The molecule has 16 heavy (non-hydrogen) atoms. The zero-order valence-electron chi connectivity index (χ0n) is 8.71. The molecule has 1 N–H and O–H groups in total. The molecule has 0 bridgehead atoms. The summed E-state index contributed by atoms with van der Waals surface area (Å²) >= 11 is 9.24. The largest absolute Gasteiger partial charge is 0.321 e. The average molecular weight is 301 g/mol. The number of allylic oxidation sites excluding steroid dienone is 3. The fraction of sp³-hybridized carbons (Fsp3) is 0.0833. The second kappa shape index (κ2) is 6.51.